The number of ether oxygens (including phenoxy) is 2. The summed E-state index contributed by atoms with van der Waals surface area (Å²) in [6.07, 6.45) is 7.03. The van der Waals surface area contributed by atoms with Gasteiger partial charge in [0.1, 0.15) is 12.4 Å². The van der Waals surface area contributed by atoms with Crippen molar-refractivity contribution < 1.29 is 34.1 Å². The van der Waals surface area contributed by atoms with Crippen LogP contribution in [-0.4, -0.2) is 66.8 Å². The molecule has 2 aliphatic carbocycles. The molecule has 4 rings (SSSR count). The van der Waals surface area contributed by atoms with E-state index in [9.17, 15) is 24.6 Å². The molecule has 0 bridgehead atoms. The maximum atomic E-state index is 12.3. The lowest BCUT2D eigenvalue weighted by Gasteiger charge is -2.36. The third-order valence-electron chi connectivity index (χ3n) is 8.43. The van der Waals surface area contributed by atoms with Gasteiger partial charge in [-0.2, -0.15) is 0 Å². The number of carbonyl (C=O) groups is 3. The highest BCUT2D eigenvalue weighted by molar-refractivity contribution is 7.10. The first-order valence-electron chi connectivity index (χ1n) is 13.7. The number of thiophene rings is 1. The molecule has 40 heavy (non-hydrogen) atoms. The number of aliphatic hydroxyl groups is 1. The van der Waals surface area contributed by atoms with E-state index in [1.165, 1.54) is 30.6 Å². The van der Waals surface area contributed by atoms with Crippen molar-refractivity contribution in [3.05, 3.63) is 44.6 Å². The Labute approximate surface area is 243 Å². The summed E-state index contributed by atoms with van der Waals surface area (Å²) in [7, 11) is 3.43. The van der Waals surface area contributed by atoms with Gasteiger partial charge in [0.2, 0.25) is 0 Å². The quantitative estimate of drug-likeness (QED) is 0.276. The van der Waals surface area contributed by atoms with Crippen molar-refractivity contribution in [2.24, 2.45) is 5.92 Å². The molecule has 2 aromatic rings. The van der Waals surface area contributed by atoms with Gasteiger partial charge >= 0.3 is 12.1 Å². The number of anilines is 1. The molecule has 0 radical (unpaired) electrons. The van der Waals surface area contributed by atoms with E-state index in [4.69, 9.17) is 21.1 Å². The fraction of sp³-hybridized carbons (Fsp3) is 0.552. The lowest BCUT2D eigenvalue weighted by atomic mass is 9.76. The highest BCUT2D eigenvalue weighted by atomic mass is 35.5. The Hall–Kier alpha value is -2.66. The molecule has 9 nitrogen and oxygen atoms in total. The van der Waals surface area contributed by atoms with Crippen LogP contribution in [0.5, 0.6) is 5.75 Å². The van der Waals surface area contributed by atoms with Crippen LogP contribution in [-0.2, 0) is 15.1 Å². The molecule has 2 saturated carbocycles. The number of aliphatic carboxylic acids is 1. The van der Waals surface area contributed by atoms with Crippen LogP contribution in [0.3, 0.4) is 0 Å². The average Bonchev–Trinajstić information content (AvgIpc) is 3.67. The number of rotatable bonds is 11. The summed E-state index contributed by atoms with van der Waals surface area (Å²) in [5, 5.41) is 26.2. The molecule has 11 heteroatoms. The van der Waals surface area contributed by atoms with Crippen LogP contribution < -0.4 is 10.1 Å². The van der Waals surface area contributed by atoms with Crippen LogP contribution in [0, 0.1) is 5.92 Å². The van der Waals surface area contributed by atoms with Gasteiger partial charge in [-0.05, 0) is 74.6 Å². The van der Waals surface area contributed by atoms with E-state index in [0.717, 1.165) is 56.9 Å². The van der Waals surface area contributed by atoms with Crippen molar-refractivity contribution >= 4 is 47.0 Å². The fourth-order valence-electron chi connectivity index (χ4n) is 6.12. The first kappa shape index (κ1) is 30.3. The number of carboxylic acids is 1. The fourth-order valence-corrected chi connectivity index (χ4v) is 7.50. The first-order valence-corrected chi connectivity index (χ1v) is 14.9. The first-order chi connectivity index (χ1) is 19.2. The van der Waals surface area contributed by atoms with Crippen molar-refractivity contribution in [2.75, 3.05) is 32.6 Å². The van der Waals surface area contributed by atoms with Gasteiger partial charge in [-0.15, -0.1) is 11.3 Å². The number of likely N-dealkylation sites (N-methyl/N-ethyl adjacent to an activating group) is 1. The van der Waals surface area contributed by atoms with E-state index in [-0.39, 0.29) is 34.7 Å². The summed E-state index contributed by atoms with van der Waals surface area (Å²) < 4.78 is 10.5. The topological polar surface area (TPSA) is 125 Å². The van der Waals surface area contributed by atoms with Crippen LogP contribution in [0.2, 0.25) is 5.02 Å². The summed E-state index contributed by atoms with van der Waals surface area (Å²) >= 11 is 7.53. The summed E-state index contributed by atoms with van der Waals surface area (Å²) in [6.45, 7) is 0.735. The van der Waals surface area contributed by atoms with E-state index in [1.807, 2.05) is 18.5 Å². The smallest absolute Gasteiger partial charge is 0.411 e. The number of nitrogens with zero attached hydrogens (tertiary/aromatic N) is 1. The number of hydrogen-bond acceptors (Lipinski definition) is 8. The molecule has 1 atom stereocenters. The molecule has 1 heterocycles. The van der Waals surface area contributed by atoms with Crippen LogP contribution in [0.25, 0.3) is 0 Å². The Morgan fingerprint density at radius 2 is 1.90 bits per heavy atom. The zero-order valence-electron chi connectivity index (χ0n) is 22.9. The number of amides is 1. The summed E-state index contributed by atoms with van der Waals surface area (Å²) in [6, 6.07) is 5.20. The molecule has 2 aliphatic rings. The minimum absolute atomic E-state index is 0.186. The molecule has 218 valence electrons. The predicted octanol–water partition coefficient (Wildman–Crippen LogP) is 5.89. The molecule has 0 saturated heterocycles. The average molecular weight is 593 g/mol. The number of benzene rings is 1. The van der Waals surface area contributed by atoms with Crippen molar-refractivity contribution in [3.8, 4) is 5.75 Å². The normalized spacial score (nSPS) is 21.1. The second-order valence-corrected chi connectivity index (χ2v) is 12.0. The molecular formula is C29H37ClN2O7S. The van der Waals surface area contributed by atoms with Crippen molar-refractivity contribution in [1.29, 1.82) is 0 Å². The number of aldehydes is 1. The predicted molar refractivity (Wildman–Crippen MR) is 154 cm³/mol. The van der Waals surface area contributed by atoms with E-state index >= 15 is 0 Å². The van der Waals surface area contributed by atoms with E-state index in [1.54, 1.807) is 0 Å². The Morgan fingerprint density at radius 1 is 1.20 bits per heavy atom. The summed E-state index contributed by atoms with van der Waals surface area (Å²) in [5.74, 6) is -0.867. The monoisotopic (exact) mass is 592 g/mol. The molecule has 0 unspecified atom stereocenters. The molecule has 3 N–H and O–H groups in total. The van der Waals surface area contributed by atoms with Crippen LogP contribution in [0.1, 0.15) is 78.1 Å². The summed E-state index contributed by atoms with van der Waals surface area (Å²) in [4.78, 5) is 38.5. The van der Waals surface area contributed by atoms with Gasteiger partial charge < -0.3 is 24.6 Å². The van der Waals surface area contributed by atoms with Crippen LogP contribution >= 0.6 is 22.9 Å². The molecule has 0 spiro atoms. The third-order valence-corrected chi connectivity index (χ3v) is 9.80. The van der Waals surface area contributed by atoms with Crippen molar-refractivity contribution in [2.45, 2.75) is 68.9 Å². The standard InChI is InChI=1S/C29H37ClN2O7S/c1-32(12-13-39-28(36)31-24-16-25(38-2)19(17-33)15-23(24)30)21-9-7-18(8-10-21)22-11-14-40-26(22)29(37,27(34)35)20-5-3-4-6-20/h11,14-18,20-21,37H,3-10,12-13H2,1-2H3,(H,31,36)(H,34,35)/t18?,21?,29-/m1/s1. The van der Waals surface area contributed by atoms with Gasteiger partial charge in [0.05, 0.1) is 28.3 Å². The molecule has 1 amide bonds. The zero-order chi connectivity index (χ0) is 28.9. The molecule has 0 aliphatic heterocycles. The lowest BCUT2D eigenvalue weighted by molar-refractivity contribution is -0.166. The highest BCUT2D eigenvalue weighted by Gasteiger charge is 2.49. The number of carboxylic acid groups (broad SMARTS) is 1. The Morgan fingerprint density at radius 3 is 2.52 bits per heavy atom. The lowest BCUT2D eigenvalue weighted by Crippen LogP contribution is -2.42. The Kier molecular flexibility index (Phi) is 10.1. The number of nitrogens with one attached hydrogen (secondary N) is 1. The Balaban J connectivity index is 1.27. The van der Waals surface area contributed by atoms with Crippen molar-refractivity contribution in [3.63, 3.8) is 0 Å². The molecular weight excluding hydrogens is 556 g/mol. The second kappa shape index (κ2) is 13.3. The number of halogens is 1. The van der Waals surface area contributed by atoms with Gasteiger partial charge in [-0.25, -0.2) is 9.59 Å². The Bertz CT molecular complexity index is 1210. The van der Waals surface area contributed by atoms with Crippen LogP contribution in [0.4, 0.5) is 10.5 Å². The largest absolute Gasteiger partial charge is 0.496 e. The SMILES string of the molecule is COc1cc(NC(=O)OCCN(C)C2CCC(c3ccsc3[C@@](O)(C(=O)O)C3CCCC3)CC2)c(Cl)cc1C=O. The van der Waals surface area contributed by atoms with Gasteiger partial charge in [0.15, 0.2) is 11.9 Å². The third kappa shape index (κ3) is 6.46. The molecule has 2 fully saturated rings. The minimum atomic E-state index is -1.81. The maximum Gasteiger partial charge on any atom is 0.411 e. The van der Waals surface area contributed by atoms with Crippen LogP contribution in [0.15, 0.2) is 23.6 Å². The van der Waals surface area contributed by atoms with E-state index in [0.29, 0.717) is 29.5 Å². The number of hydrogen-bond donors (Lipinski definition) is 3. The van der Waals surface area contributed by atoms with Gasteiger partial charge in [-0.1, -0.05) is 24.4 Å². The minimum Gasteiger partial charge on any atom is -0.496 e. The van der Waals surface area contributed by atoms with Crippen molar-refractivity contribution in [1.82, 2.24) is 4.90 Å². The number of methoxy groups -OCH3 is 1. The molecule has 1 aromatic heterocycles. The maximum absolute atomic E-state index is 12.3. The second-order valence-electron chi connectivity index (χ2n) is 10.7. The number of carbonyl (C=O) groups excluding carboxylic acids is 2. The zero-order valence-corrected chi connectivity index (χ0v) is 24.4. The van der Waals surface area contributed by atoms with E-state index in [2.05, 4.69) is 10.2 Å². The van der Waals surface area contributed by atoms with Gasteiger partial charge in [0.25, 0.3) is 0 Å². The molecule has 1 aromatic carbocycles. The van der Waals surface area contributed by atoms with Gasteiger partial charge in [0, 0.05) is 24.6 Å². The summed E-state index contributed by atoms with van der Waals surface area (Å²) in [5.41, 5.74) is -0.252. The van der Waals surface area contributed by atoms with E-state index < -0.39 is 17.7 Å². The van der Waals surface area contributed by atoms with Gasteiger partial charge in [-0.3, -0.25) is 10.1 Å². The highest BCUT2D eigenvalue weighted by Crippen LogP contribution is 2.47.